The Balaban J connectivity index is 1.35. The minimum absolute atomic E-state index is 0.0405. The van der Waals surface area contributed by atoms with Crippen LogP contribution in [0.25, 0.3) is 11.0 Å². The van der Waals surface area contributed by atoms with Crippen molar-refractivity contribution in [3.63, 3.8) is 0 Å². The monoisotopic (exact) mass is 479 g/mol. The van der Waals surface area contributed by atoms with Gasteiger partial charge in [-0.25, -0.2) is 14.2 Å². The van der Waals surface area contributed by atoms with Gasteiger partial charge in [-0.1, -0.05) is 30.3 Å². The molecule has 35 heavy (non-hydrogen) atoms. The highest BCUT2D eigenvalue weighted by atomic mass is 19.1. The normalized spacial score (nSPS) is 18.6. The number of nitrogens with two attached hydrogens (primary N) is 1. The van der Waals surface area contributed by atoms with E-state index in [1.54, 1.807) is 9.47 Å². The van der Waals surface area contributed by atoms with Crippen LogP contribution in [0, 0.1) is 5.82 Å². The lowest BCUT2D eigenvalue weighted by atomic mass is 10.1. The van der Waals surface area contributed by atoms with Gasteiger partial charge in [-0.3, -0.25) is 9.59 Å². The maximum Gasteiger partial charge on any atom is 0.341 e. The van der Waals surface area contributed by atoms with Gasteiger partial charge in [0, 0.05) is 31.4 Å². The number of rotatable bonds is 7. The number of fused-ring (bicyclic) bond motifs is 1. The van der Waals surface area contributed by atoms with Crippen molar-refractivity contribution in [3.8, 4) is 0 Å². The minimum Gasteiger partial charge on any atom is -0.477 e. The highest BCUT2D eigenvalue weighted by Gasteiger charge is 2.31. The summed E-state index contributed by atoms with van der Waals surface area (Å²) in [7, 11) is 0. The Bertz CT molecular complexity index is 1360. The fourth-order valence-electron chi connectivity index (χ4n) is 4.58. The molecule has 1 saturated heterocycles. The smallest absolute Gasteiger partial charge is 0.341 e. The van der Waals surface area contributed by atoms with Crippen LogP contribution in [0.2, 0.25) is 0 Å². The number of hydrogen-bond donors (Lipinski definition) is 3. The molecule has 2 fully saturated rings. The van der Waals surface area contributed by atoms with E-state index in [0.717, 1.165) is 24.5 Å². The van der Waals surface area contributed by atoms with Crippen molar-refractivity contribution in [2.75, 3.05) is 18.0 Å². The van der Waals surface area contributed by atoms with Gasteiger partial charge in [0.1, 0.15) is 11.2 Å². The van der Waals surface area contributed by atoms with Crippen molar-refractivity contribution in [1.29, 1.82) is 0 Å². The maximum atomic E-state index is 15.1. The van der Waals surface area contributed by atoms with E-state index in [-0.39, 0.29) is 34.8 Å². The summed E-state index contributed by atoms with van der Waals surface area (Å²) in [5.41, 5.74) is 6.19. The molecular weight excluding hydrogens is 453 g/mol. The number of anilines is 1. The highest BCUT2D eigenvalue weighted by molar-refractivity contribution is 5.92. The van der Waals surface area contributed by atoms with E-state index < -0.39 is 28.8 Å². The van der Waals surface area contributed by atoms with E-state index in [4.69, 9.17) is 5.73 Å². The first-order chi connectivity index (χ1) is 16.8. The Hall–Kier alpha value is -3.79. The number of pyridine rings is 2. The van der Waals surface area contributed by atoms with Gasteiger partial charge in [-0.05, 0) is 37.3 Å². The molecule has 1 unspecified atom stereocenters. The number of halogens is 1. The molecule has 2 aliphatic rings. The Morgan fingerprint density at radius 3 is 2.66 bits per heavy atom. The predicted octanol–water partition coefficient (Wildman–Crippen LogP) is 1.83. The number of amides is 1. The summed E-state index contributed by atoms with van der Waals surface area (Å²) in [4.78, 5) is 43.0. The molecule has 0 spiro atoms. The third-order valence-corrected chi connectivity index (χ3v) is 6.58. The molecule has 2 aromatic heterocycles. The quantitative estimate of drug-likeness (QED) is 0.471. The fraction of sp³-hybridized carbons (Fsp3) is 0.360. The third kappa shape index (κ3) is 4.61. The number of carbonyl (C=O) groups is 2. The van der Waals surface area contributed by atoms with Gasteiger partial charge in [0.15, 0.2) is 11.6 Å². The number of benzene rings is 1. The SMILES string of the molecule is N[C@@H](Cc1ccccc1)C(=O)NC1CCN(c2nc3c(cc2F)c(=O)c(C(=O)O)cn3C2CC2)C1. The van der Waals surface area contributed by atoms with Gasteiger partial charge in [0.05, 0.1) is 11.4 Å². The molecule has 1 aliphatic carbocycles. The number of carboxylic acid groups (broad SMARTS) is 1. The lowest BCUT2D eigenvalue weighted by Gasteiger charge is -2.21. The molecule has 10 heteroatoms. The Labute approximate surface area is 200 Å². The summed E-state index contributed by atoms with van der Waals surface area (Å²) in [6, 6.07) is 9.72. The van der Waals surface area contributed by atoms with Gasteiger partial charge >= 0.3 is 5.97 Å². The van der Waals surface area contributed by atoms with E-state index in [9.17, 15) is 19.5 Å². The van der Waals surface area contributed by atoms with Crippen molar-refractivity contribution in [2.24, 2.45) is 5.73 Å². The van der Waals surface area contributed by atoms with E-state index in [1.807, 2.05) is 30.3 Å². The zero-order valence-corrected chi connectivity index (χ0v) is 19.0. The Kier molecular flexibility index (Phi) is 5.98. The van der Waals surface area contributed by atoms with E-state index in [0.29, 0.717) is 25.9 Å². The summed E-state index contributed by atoms with van der Waals surface area (Å²) in [5, 5.41) is 12.3. The second-order valence-corrected chi connectivity index (χ2v) is 9.22. The molecule has 1 aromatic carbocycles. The summed E-state index contributed by atoms with van der Waals surface area (Å²) < 4.78 is 16.8. The highest BCUT2D eigenvalue weighted by Crippen LogP contribution is 2.37. The maximum absolute atomic E-state index is 15.1. The van der Waals surface area contributed by atoms with Gasteiger partial charge in [-0.15, -0.1) is 0 Å². The van der Waals surface area contributed by atoms with Crippen LogP contribution >= 0.6 is 0 Å². The van der Waals surface area contributed by atoms with Crippen LogP contribution in [0.4, 0.5) is 10.2 Å². The summed E-state index contributed by atoms with van der Waals surface area (Å²) in [6.07, 6.45) is 4.00. The largest absolute Gasteiger partial charge is 0.477 e. The number of nitrogens with zero attached hydrogens (tertiary/aromatic N) is 3. The van der Waals surface area contributed by atoms with Crippen molar-refractivity contribution < 1.29 is 19.1 Å². The molecule has 2 atom stereocenters. The van der Waals surface area contributed by atoms with Crippen molar-refractivity contribution >= 4 is 28.7 Å². The molecule has 182 valence electrons. The number of carbonyl (C=O) groups excluding carboxylic acids is 1. The van der Waals surface area contributed by atoms with E-state index >= 15 is 4.39 Å². The molecule has 0 radical (unpaired) electrons. The molecule has 1 amide bonds. The summed E-state index contributed by atoms with van der Waals surface area (Å²) >= 11 is 0. The Morgan fingerprint density at radius 2 is 1.97 bits per heavy atom. The molecule has 4 N–H and O–H groups in total. The number of hydrogen-bond acceptors (Lipinski definition) is 6. The third-order valence-electron chi connectivity index (χ3n) is 6.58. The van der Waals surface area contributed by atoms with Gasteiger partial charge in [-0.2, -0.15) is 0 Å². The summed E-state index contributed by atoms with van der Waals surface area (Å²) in [6.45, 7) is 0.815. The van der Waals surface area contributed by atoms with E-state index in [1.165, 1.54) is 6.20 Å². The predicted molar refractivity (Wildman–Crippen MR) is 128 cm³/mol. The molecule has 1 aliphatic heterocycles. The Morgan fingerprint density at radius 1 is 1.23 bits per heavy atom. The zero-order valence-electron chi connectivity index (χ0n) is 19.0. The fourth-order valence-corrected chi connectivity index (χ4v) is 4.58. The topological polar surface area (TPSA) is 131 Å². The zero-order chi connectivity index (χ0) is 24.7. The van der Waals surface area contributed by atoms with Crippen LogP contribution in [0.3, 0.4) is 0 Å². The van der Waals surface area contributed by atoms with Crippen LogP contribution in [-0.4, -0.2) is 51.7 Å². The number of nitrogens with one attached hydrogen (secondary N) is 1. The van der Waals surface area contributed by atoms with Crippen LogP contribution in [0.15, 0.2) is 47.4 Å². The van der Waals surface area contributed by atoms with Crippen molar-refractivity contribution in [3.05, 3.63) is 69.8 Å². The molecule has 3 heterocycles. The number of aromatic nitrogens is 2. The molecule has 3 aromatic rings. The van der Waals surface area contributed by atoms with Crippen molar-refractivity contribution in [2.45, 2.75) is 43.8 Å². The molecule has 5 rings (SSSR count). The van der Waals surface area contributed by atoms with Crippen molar-refractivity contribution in [1.82, 2.24) is 14.9 Å². The lowest BCUT2D eigenvalue weighted by molar-refractivity contribution is -0.122. The first-order valence-electron chi connectivity index (χ1n) is 11.7. The lowest BCUT2D eigenvalue weighted by Crippen LogP contribution is -2.47. The average molecular weight is 480 g/mol. The molecular formula is C25H26FN5O4. The van der Waals surface area contributed by atoms with Gasteiger partial charge in [0.2, 0.25) is 11.3 Å². The average Bonchev–Trinajstić information content (AvgIpc) is 3.58. The van der Waals surface area contributed by atoms with Gasteiger partial charge < -0.3 is 25.6 Å². The summed E-state index contributed by atoms with van der Waals surface area (Å²) in [5.74, 6) is -2.23. The van der Waals surface area contributed by atoms with Crippen LogP contribution in [0.1, 0.15) is 41.2 Å². The van der Waals surface area contributed by atoms with Gasteiger partial charge in [0.25, 0.3) is 0 Å². The first kappa shape index (κ1) is 23.0. The standard InChI is InChI=1S/C25H26FN5O4/c26-19-11-17-21(32)18(25(34)35)13-31(16-6-7-16)22(17)29-23(19)30-9-8-15(12-30)28-24(33)20(27)10-14-4-2-1-3-5-14/h1-5,11,13,15-16,20H,6-10,12,27H2,(H,28,33)(H,34,35)/t15?,20-/m0/s1. The van der Waals surface area contributed by atoms with Crippen LogP contribution in [-0.2, 0) is 11.2 Å². The molecule has 1 saturated carbocycles. The minimum atomic E-state index is -1.35. The second-order valence-electron chi connectivity index (χ2n) is 9.22. The second kappa shape index (κ2) is 9.10. The number of aromatic carboxylic acids is 1. The van der Waals surface area contributed by atoms with E-state index in [2.05, 4.69) is 10.3 Å². The molecule has 9 nitrogen and oxygen atoms in total. The van der Waals surface area contributed by atoms with Crippen LogP contribution < -0.4 is 21.4 Å². The van der Waals surface area contributed by atoms with Crippen LogP contribution in [0.5, 0.6) is 0 Å². The molecule has 0 bridgehead atoms. The first-order valence-corrected chi connectivity index (χ1v) is 11.7. The number of carboxylic acids is 1.